The minimum atomic E-state index is -0.156. The molecule has 1 aliphatic rings. The molecular formula is C19H17N3O3. The van der Waals surface area contributed by atoms with E-state index < -0.39 is 0 Å². The van der Waals surface area contributed by atoms with Crippen molar-refractivity contribution in [3.8, 4) is 11.5 Å². The van der Waals surface area contributed by atoms with Crippen LogP contribution in [0.2, 0.25) is 0 Å². The van der Waals surface area contributed by atoms with Crippen molar-refractivity contribution in [1.82, 2.24) is 15.1 Å². The molecule has 1 N–H and O–H groups in total. The van der Waals surface area contributed by atoms with Crippen LogP contribution < -0.4 is 14.8 Å². The first-order valence-electron chi connectivity index (χ1n) is 8.01. The number of fused-ring (bicyclic) bond motifs is 1. The molecule has 0 saturated heterocycles. The molecule has 0 atom stereocenters. The fraction of sp³-hybridized carbons (Fsp3) is 0.158. The molecule has 1 amide bonds. The standard InChI is InChI=1S/C19H17N3O3/c23-19(20-9-15-6-7-17-18(8-15)25-13-24-17)16-10-21-22(12-16)11-14-4-2-1-3-5-14/h1-8,10,12H,9,11,13H2,(H,20,23). The molecule has 0 bridgehead atoms. The molecule has 2 heterocycles. The second-order valence-corrected chi connectivity index (χ2v) is 5.78. The number of hydrogen-bond donors (Lipinski definition) is 1. The van der Waals surface area contributed by atoms with Crippen molar-refractivity contribution in [3.05, 3.63) is 77.6 Å². The van der Waals surface area contributed by atoms with E-state index in [1.807, 2.05) is 48.5 Å². The molecule has 25 heavy (non-hydrogen) atoms. The first kappa shape index (κ1) is 15.3. The molecule has 2 aromatic carbocycles. The predicted molar refractivity (Wildman–Crippen MR) is 91.5 cm³/mol. The average Bonchev–Trinajstić information content (AvgIpc) is 3.29. The highest BCUT2D eigenvalue weighted by Crippen LogP contribution is 2.32. The van der Waals surface area contributed by atoms with Crippen LogP contribution in [-0.2, 0) is 13.1 Å². The molecule has 4 rings (SSSR count). The van der Waals surface area contributed by atoms with Gasteiger partial charge in [0.25, 0.3) is 5.91 Å². The van der Waals surface area contributed by atoms with Crippen molar-refractivity contribution in [2.75, 3.05) is 6.79 Å². The lowest BCUT2D eigenvalue weighted by Gasteiger charge is -2.05. The number of benzene rings is 2. The first-order valence-corrected chi connectivity index (χ1v) is 8.01. The van der Waals surface area contributed by atoms with E-state index in [-0.39, 0.29) is 12.7 Å². The van der Waals surface area contributed by atoms with E-state index in [1.54, 1.807) is 17.1 Å². The van der Waals surface area contributed by atoms with E-state index in [9.17, 15) is 4.79 Å². The van der Waals surface area contributed by atoms with Gasteiger partial charge in [0.1, 0.15) is 0 Å². The molecule has 0 radical (unpaired) electrons. The highest BCUT2D eigenvalue weighted by atomic mass is 16.7. The van der Waals surface area contributed by atoms with E-state index in [1.165, 1.54) is 0 Å². The van der Waals surface area contributed by atoms with E-state index in [0.29, 0.717) is 24.4 Å². The van der Waals surface area contributed by atoms with Gasteiger partial charge in [-0.05, 0) is 23.3 Å². The van der Waals surface area contributed by atoms with Gasteiger partial charge >= 0.3 is 0 Å². The van der Waals surface area contributed by atoms with Crippen LogP contribution in [-0.4, -0.2) is 22.5 Å². The van der Waals surface area contributed by atoms with Crippen molar-refractivity contribution in [2.24, 2.45) is 0 Å². The fourth-order valence-electron chi connectivity index (χ4n) is 2.67. The second-order valence-electron chi connectivity index (χ2n) is 5.78. The van der Waals surface area contributed by atoms with Gasteiger partial charge in [0.15, 0.2) is 11.5 Å². The number of nitrogens with one attached hydrogen (secondary N) is 1. The smallest absolute Gasteiger partial charge is 0.254 e. The van der Waals surface area contributed by atoms with Crippen LogP contribution in [0.3, 0.4) is 0 Å². The first-order chi connectivity index (χ1) is 12.3. The zero-order chi connectivity index (χ0) is 17.1. The molecule has 1 aromatic heterocycles. The highest BCUT2D eigenvalue weighted by Gasteiger charge is 2.14. The Bertz CT molecular complexity index is 890. The van der Waals surface area contributed by atoms with Gasteiger partial charge in [-0.15, -0.1) is 0 Å². The monoisotopic (exact) mass is 335 g/mol. The predicted octanol–water partition coefficient (Wildman–Crippen LogP) is 2.59. The van der Waals surface area contributed by atoms with Crippen molar-refractivity contribution >= 4 is 5.91 Å². The van der Waals surface area contributed by atoms with Crippen LogP contribution in [0.1, 0.15) is 21.5 Å². The molecule has 6 heteroatoms. The summed E-state index contributed by atoms with van der Waals surface area (Å²) in [6, 6.07) is 15.6. The Morgan fingerprint density at radius 1 is 1.08 bits per heavy atom. The normalized spacial score (nSPS) is 12.2. The SMILES string of the molecule is O=C(NCc1ccc2c(c1)OCO2)c1cnn(Cc2ccccc2)c1. The fourth-order valence-corrected chi connectivity index (χ4v) is 2.67. The van der Waals surface area contributed by atoms with Gasteiger partial charge in [0, 0.05) is 12.7 Å². The van der Waals surface area contributed by atoms with Gasteiger partial charge in [0.2, 0.25) is 6.79 Å². The third kappa shape index (κ3) is 3.47. The average molecular weight is 335 g/mol. The van der Waals surface area contributed by atoms with E-state index in [0.717, 1.165) is 16.9 Å². The summed E-state index contributed by atoms with van der Waals surface area (Å²) in [7, 11) is 0. The van der Waals surface area contributed by atoms with Crippen molar-refractivity contribution < 1.29 is 14.3 Å². The molecule has 0 spiro atoms. The van der Waals surface area contributed by atoms with Gasteiger partial charge in [-0.25, -0.2) is 0 Å². The molecular weight excluding hydrogens is 318 g/mol. The Hall–Kier alpha value is -3.28. The number of ether oxygens (including phenoxy) is 2. The zero-order valence-electron chi connectivity index (χ0n) is 13.5. The summed E-state index contributed by atoms with van der Waals surface area (Å²) in [5.74, 6) is 1.29. The largest absolute Gasteiger partial charge is 0.454 e. The van der Waals surface area contributed by atoms with Crippen LogP contribution >= 0.6 is 0 Å². The third-order valence-corrected chi connectivity index (χ3v) is 3.97. The number of amides is 1. The maximum absolute atomic E-state index is 12.3. The molecule has 6 nitrogen and oxygen atoms in total. The number of hydrogen-bond acceptors (Lipinski definition) is 4. The van der Waals surface area contributed by atoms with Gasteiger partial charge in [-0.2, -0.15) is 5.10 Å². The van der Waals surface area contributed by atoms with E-state index >= 15 is 0 Å². The van der Waals surface area contributed by atoms with Crippen molar-refractivity contribution in [2.45, 2.75) is 13.1 Å². The Balaban J connectivity index is 1.37. The maximum Gasteiger partial charge on any atom is 0.254 e. The zero-order valence-corrected chi connectivity index (χ0v) is 13.5. The summed E-state index contributed by atoms with van der Waals surface area (Å²) in [6.45, 7) is 1.29. The van der Waals surface area contributed by atoms with Gasteiger partial charge in [0.05, 0.1) is 18.3 Å². The topological polar surface area (TPSA) is 65.4 Å². The Labute approximate surface area is 145 Å². The number of carbonyl (C=O) groups is 1. The summed E-state index contributed by atoms with van der Waals surface area (Å²) < 4.78 is 12.4. The molecule has 0 aliphatic carbocycles. The van der Waals surface area contributed by atoms with Crippen LogP contribution in [0.5, 0.6) is 11.5 Å². The van der Waals surface area contributed by atoms with Gasteiger partial charge in [-0.1, -0.05) is 36.4 Å². The van der Waals surface area contributed by atoms with Crippen LogP contribution in [0.4, 0.5) is 0 Å². The molecule has 3 aromatic rings. The number of carbonyl (C=O) groups excluding carboxylic acids is 1. The van der Waals surface area contributed by atoms with Crippen molar-refractivity contribution in [3.63, 3.8) is 0 Å². The highest BCUT2D eigenvalue weighted by molar-refractivity contribution is 5.93. The van der Waals surface area contributed by atoms with Crippen molar-refractivity contribution in [1.29, 1.82) is 0 Å². The number of aromatic nitrogens is 2. The summed E-state index contributed by atoms with van der Waals surface area (Å²) in [4.78, 5) is 12.3. The number of rotatable bonds is 5. The van der Waals surface area contributed by atoms with Gasteiger partial charge < -0.3 is 14.8 Å². The maximum atomic E-state index is 12.3. The Morgan fingerprint density at radius 2 is 1.92 bits per heavy atom. The summed E-state index contributed by atoms with van der Waals surface area (Å²) in [5.41, 5.74) is 2.63. The number of nitrogens with zero attached hydrogens (tertiary/aromatic N) is 2. The lowest BCUT2D eigenvalue weighted by atomic mass is 10.2. The molecule has 0 fully saturated rings. The third-order valence-electron chi connectivity index (χ3n) is 3.97. The lowest BCUT2D eigenvalue weighted by Crippen LogP contribution is -2.22. The molecule has 0 saturated carbocycles. The van der Waals surface area contributed by atoms with E-state index in [4.69, 9.17) is 9.47 Å². The Morgan fingerprint density at radius 3 is 2.80 bits per heavy atom. The second kappa shape index (κ2) is 6.68. The van der Waals surface area contributed by atoms with Crippen LogP contribution in [0.25, 0.3) is 0 Å². The molecule has 126 valence electrons. The minimum Gasteiger partial charge on any atom is -0.454 e. The quantitative estimate of drug-likeness (QED) is 0.778. The summed E-state index contributed by atoms with van der Waals surface area (Å²) in [6.07, 6.45) is 3.33. The summed E-state index contributed by atoms with van der Waals surface area (Å²) >= 11 is 0. The Kier molecular flexibility index (Phi) is 4.08. The molecule has 1 aliphatic heterocycles. The van der Waals surface area contributed by atoms with Gasteiger partial charge in [-0.3, -0.25) is 9.48 Å². The lowest BCUT2D eigenvalue weighted by molar-refractivity contribution is 0.0950. The summed E-state index contributed by atoms with van der Waals surface area (Å²) in [5, 5.41) is 7.15. The van der Waals surface area contributed by atoms with Crippen LogP contribution in [0.15, 0.2) is 60.9 Å². The van der Waals surface area contributed by atoms with Crippen LogP contribution in [0, 0.1) is 0 Å². The van der Waals surface area contributed by atoms with E-state index in [2.05, 4.69) is 10.4 Å². The minimum absolute atomic E-state index is 0.156. The molecule has 0 unspecified atom stereocenters.